The summed E-state index contributed by atoms with van der Waals surface area (Å²) in [6, 6.07) is 17.1. The van der Waals surface area contributed by atoms with E-state index in [0.29, 0.717) is 43.0 Å². The van der Waals surface area contributed by atoms with Gasteiger partial charge in [-0.1, -0.05) is 36.4 Å². The molecule has 0 fully saturated rings. The highest BCUT2D eigenvalue weighted by Gasteiger charge is 2.18. The average Bonchev–Trinajstić information content (AvgIpc) is 3.28. The molecule has 2 aromatic carbocycles. The van der Waals surface area contributed by atoms with E-state index in [2.05, 4.69) is 15.3 Å². The van der Waals surface area contributed by atoms with Crippen molar-refractivity contribution in [2.45, 2.75) is 19.9 Å². The summed E-state index contributed by atoms with van der Waals surface area (Å²) in [5, 5.41) is 2.94. The lowest BCUT2D eigenvalue weighted by atomic mass is 10.1. The van der Waals surface area contributed by atoms with Gasteiger partial charge in [0, 0.05) is 30.5 Å². The topological polar surface area (TPSA) is 103 Å². The molecule has 0 radical (unpaired) electrons. The third kappa shape index (κ3) is 4.63. The summed E-state index contributed by atoms with van der Waals surface area (Å²) in [7, 11) is 0. The number of ether oxygens (including phenoxy) is 1. The lowest BCUT2D eigenvalue weighted by molar-refractivity contribution is 0.101. The highest BCUT2D eigenvalue weighted by Crippen LogP contribution is 2.28. The monoisotopic (exact) mass is 416 g/mol. The molecule has 31 heavy (non-hydrogen) atoms. The summed E-state index contributed by atoms with van der Waals surface area (Å²) >= 11 is 0. The van der Waals surface area contributed by atoms with Crippen LogP contribution in [-0.2, 0) is 17.7 Å². The number of benzene rings is 2. The minimum absolute atomic E-state index is 0.0710. The summed E-state index contributed by atoms with van der Waals surface area (Å²) < 4.78 is 11.1. The first kappa shape index (κ1) is 20.7. The molecular formula is C24H24N4O3. The maximum absolute atomic E-state index is 13.1. The highest BCUT2D eigenvalue weighted by atomic mass is 16.5. The smallest absolute Gasteiger partial charge is 0.293 e. The minimum atomic E-state index is -0.386. The van der Waals surface area contributed by atoms with Crippen molar-refractivity contribution in [3.05, 3.63) is 77.8 Å². The number of furan rings is 1. The number of fused-ring (bicyclic) bond motifs is 1. The zero-order valence-corrected chi connectivity index (χ0v) is 17.3. The lowest BCUT2D eigenvalue weighted by Gasteiger charge is -2.11. The van der Waals surface area contributed by atoms with Crippen molar-refractivity contribution in [1.82, 2.24) is 9.97 Å². The first-order valence-electron chi connectivity index (χ1n) is 10.2. The Morgan fingerprint density at radius 1 is 1.13 bits per heavy atom. The summed E-state index contributed by atoms with van der Waals surface area (Å²) in [6.45, 7) is 3.60. The van der Waals surface area contributed by atoms with Gasteiger partial charge in [-0.25, -0.2) is 9.97 Å². The number of para-hydroxylation sites is 1. The molecule has 0 aliphatic heterocycles. The van der Waals surface area contributed by atoms with Gasteiger partial charge >= 0.3 is 0 Å². The molecule has 2 aromatic heterocycles. The van der Waals surface area contributed by atoms with Crippen LogP contribution in [0.1, 0.15) is 28.7 Å². The van der Waals surface area contributed by atoms with Crippen LogP contribution in [0.25, 0.3) is 22.4 Å². The fourth-order valence-corrected chi connectivity index (χ4v) is 3.37. The quantitative estimate of drug-likeness (QED) is 0.418. The van der Waals surface area contributed by atoms with Crippen LogP contribution < -0.4 is 11.1 Å². The lowest BCUT2D eigenvalue weighted by Crippen LogP contribution is -2.17. The molecule has 7 heteroatoms. The van der Waals surface area contributed by atoms with Gasteiger partial charge in [-0.05, 0) is 36.6 Å². The number of rotatable bonds is 8. The molecule has 158 valence electrons. The van der Waals surface area contributed by atoms with Crippen molar-refractivity contribution in [2.75, 3.05) is 18.5 Å². The van der Waals surface area contributed by atoms with Gasteiger partial charge in [-0.2, -0.15) is 0 Å². The van der Waals surface area contributed by atoms with E-state index in [-0.39, 0.29) is 11.7 Å². The van der Waals surface area contributed by atoms with Crippen LogP contribution in [0.5, 0.6) is 0 Å². The highest BCUT2D eigenvalue weighted by molar-refractivity contribution is 6.04. The van der Waals surface area contributed by atoms with Gasteiger partial charge in [0.05, 0.1) is 12.9 Å². The second kappa shape index (κ2) is 9.51. The van der Waals surface area contributed by atoms with E-state index in [9.17, 15) is 4.79 Å². The molecule has 4 rings (SSSR count). The van der Waals surface area contributed by atoms with Crippen molar-refractivity contribution < 1.29 is 13.9 Å². The van der Waals surface area contributed by atoms with Gasteiger partial charge in [0.2, 0.25) is 5.82 Å². The van der Waals surface area contributed by atoms with E-state index in [1.165, 1.54) is 0 Å². The van der Waals surface area contributed by atoms with Gasteiger partial charge in [0.1, 0.15) is 11.2 Å². The van der Waals surface area contributed by atoms with E-state index in [1.807, 2.05) is 55.5 Å². The molecule has 0 bridgehead atoms. The van der Waals surface area contributed by atoms with Gasteiger partial charge in [0.15, 0.2) is 5.58 Å². The SMILES string of the molecule is CCOCCc1ccccc1NC(=O)c1nc(-c2cccc(CN)c2)c2occc2n1. The number of nitrogens with two attached hydrogens (primary N) is 1. The zero-order chi connectivity index (χ0) is 21.6. The maximum atomic E-state index is 13.1. The Morgan fingerprint density at radius 3 is 2.84 bits per heavy atom. The van der Waals surface area contributed by atoms with Crippen LogP contribution in [0.4, 0.5) is 5.69 Å². The molecule has 0 aliphatic carbocycles. The maximum Gasteiger partial charge on any atom is 0.293 e. The third-order valence-electron chi connectivity index (χ3n) is 4.93. The van der Waals surface area contributed by atoms with E-state index in [1.54, 1.807) is 12.3 Å². The predicted molar refractivity (Wildman–Crippen MR) is 120 cm³/mol. The molecular weight excluding hydrogens is 392 g/mol. The molecule has 0 unspecified atom stereocenters. The normalized spacial score (nSPS) is 11.0. The van der Waals surface area contributed by atoms with Crippen molar-refractivity contribution in [3.63, 3.8) is 0 Å². The Bertz CT molecular complexity index is 1200. The Morgan fingerprint density at radius 2 is 2.00 bits per heavy atom. The number of nitrogens with zero attached hydrogens (tertiary/aromatic N) is 2. The summed E-state index contributed by atoms with van der Waals surface area (Å²) in [4.78, 5) is 22.0. The fourth-order valence-electron chi connectivity index (χ4n) is 3.37. The second-order valence-corrected chi connectivity index (χ2v) is 6.99. The molecule has 0 saturated carbocycles. The van der Waals surface area contributed by atoms with Crippen molar-refractivity contribution in [2.24, 2.45) is 5.73 Å². The third-order valence-corrected chi connectivity index (χ3v) is 4.93. The van der Waals surface area contributed by atoms with Crippen LogP contribution in [0.15, 0.2) is 65.3 Å². The van der Waals surface area contributed by atoms with E-state index in [4.69, 9.17) is 14.9 Å². The van der Waals surface area contributed by atoms with E-state index >= 15 is 0 Å². The first-order chi connectivity index (χ1) is 15.2. The van der Waals surface area contributed by atoms with Gasteiger partial charge in [-0.15, -0.1) is 0 Å². The minimum Gasteiger partial charge on any atom is -0.460 e. The van der Waals surface area contributed by atoms with Crippen molar-refractivity contribution >= 4 is 22.7 Å². The largest absolute Gasteiger partial charge is 0.460 e. The molecule has 2 heterocycles. The van der Waals surface area contributed by atoms with Crippen molar-refractivity contribution in [3.8, 4) is 11.3 Å². The first-order valence-corrected chi connectivity index (χ1v) is 10.2. The van der Waals surface area contributed by atoms with E-state index < -0.39 is 0 Å². The number of anilines is 1. The van der Waals surface area contributed by atoms with Gasteiger partial charge in [-0.3, -0.25) is 4.79 Å². The second-order valence-electron chi connectivity index (χ2n) is 6.99. The van der Waals surface area contributed by atoms with Gasteiger partial charge in [0.25, 0.3) is 5.91 Å². The molecule has 4 aromatic rings. The number of carbonyl (C=O) groups is 1. The number of carbonyl (C=O) groups excluding carboxylic acids is 1. The number of amides is 1. The fraction of sp³-hybridized carbons (Fsp3) is 0.208. The van der Waals surface area contributed by atoms with Crippen molar-refractivity contribution in [1.29, 1.82) is 0 Å². The standard InChI is InChI=1S/C24H24N4O3/c1-2-30-12-10-17-7-3-4-9-19(17)27-24(29)23-26-20-11-13-31-22(20)21(28-23)18-8-5-6-16(14-18)15-25/h3-9,11,13-14H,2,10,12,15,25H2,1H3,(H,27,29). The molecule has 0 saturated heterocycles. The Balaban J connectivity index is 1.67. The molecule has 1 amide bonds. The summed E-state index contributed by atoms with van der Waals surface area (Å²) in [6.07, 6.45) is 2.24. The average molecular weight is 416 g/mol. The molecule has 0 atom stereocenters. The van der Waals surface area contributed by atoms with Gasteiger partial charge < -0.3 is 20.2 Å². The van der Waals surface area contributed by atoms with Crippen LogP contribution >= 0.6 is 0 Å². The van der Waals surface area contributed by atoms with Crippen LogP contribution in [0, 0.1) is 0 Å². The summed E-state index contributed by atoms with van der Waals surface area (Å²) in [5.74, 6) is -0.315. The zero-order valence-electron chi connectivity index (χ0n) is 17.3. The number of hydrogen-bond acceptors (Lipinski definition) is 6. The molecule has 3 N–H and O–H groups in total. The summed E-state index contributed by atoms with van der Waals surface area (Å²) in [5.41, 5.74) is 10.9. The van der Waals surface area contributed by atoms with Crippen LogP contribution in [-0.4, -0.2) is 29.1 Å². The molecule has 0 aliphatic rings. The molecule has 7 nitrogen and oxygen atoms in total. The molecule has 0 spiro atoms. The van der Waals surface area contributed by atoms with Crippen LogP contribution in [0.3, 0.4) is 0 Å². The number of aromatic nitrogens is 2. The Kier molecular flexibility index (Phi) is 6.35. The number of nitrogens with one attached hydrogen (secondary N) is 1. The number of hydrogen-bond donors (Lipinski definition) is 2. The Hall–Kier alpha value is -3.55. The van der Waals surface area contributed by atoms with Crippen LogP contribution in [0.2, 0.25) is 0 Å². The van der Waals surface area contributed by atoms with E-state index in [0.717, 1.165) is 22.4 Å². The Labute approximate surface area is 180 Å². The predicted octanol–water partition coefficient (Wildman–Crippen LogP) is 4.18.